The number of fused-ring (bicyclic) bond motifs is 1. The number of aryl methyl sites for hydroxylation is 1. The fourth-order valence-corrected chi connectivity index (χ4v) is 4.30. The quantitative estimate of drug-likeness (QED) is 0.273. The molecule has 0 saturated heterocycles. The summed E-state index contributed by atoms with van der Waals surface area (Å²) in [6.07, 6.45) is 4.81. The monoisotopic (exact) mass is 481 g/mol. The molecular formula is C29H27N3O4. The molecule has 0 aliphatic heterocycles. The Hall–Kier alpha value is -4.36. The fraction of sp³-hybridized carbons (Fsp3) is 0.172. The van der Waals surface area contributed by atoms with Crippen LogP contribution < -0.4 is 4.74 Å². The molecule has 7 nitrogen and oxygen atoms in total. The molecule has 0 spiro atoms. The van der Waals surface area contributed by atoms with Gasteiger partial charge in [0.15, 0.2) is 0 Å². The first-order chi connectivity index (χ1) is 17.6. The Kier molecular flexibility index (Phi) is 6.82. The Morgan fingerprint density at radius 2 is 1.89 bits per heavy atom. The molecule has 2 aromatic heterocycles. The Balaban J connectivity index is 1.31. The largest absolute Gasteiger partial charge is 0.469 e. The molecule has 0 unspecified atom stereocenters. The van der Waals surface area contributed by atoms with Gasteiger partial charge in [-0.1, -0.05) is 36.4 Å². The van der Waals surface area contributed by atoms with E-state index in [2.05, 4.69) is 17.1 Å². The summed E-state index contributed by atoms with van der Waals surface area (Å²) in [5.41, 5.74) is 5.69. The van der Waals surface area contributed by atoms with Crippen molar-refractivity contribution in [1.82, 2.24) is 14.8 Å². The van der Waals surface area contributed by atoms with Gasteiger partial charge in [0.1, 0.15) is 11.5 Å². The van der Waals surface area contributed by atoms with Gasteiger partial charge in [0, 0.05) is 40.8 Å². The maximum absolute atomic E-state index is 11.4. The number of esters is 1. The van der Waals surface area contributed by atoms with Crippen molar-refractivity contribution < 1.29 is 19.4 Å². The number of aromatic nitrogens is 3. The van der Waals surface area contributed by atoms with Crippen molar-refractivity contribution in [1.29, 1.82) is 0 Å². The third-order valence-corrected chi connectivity index (χ3v) is 6.14. The van der Waals surface area contributed by atoms with E-state index in [0.717, 1.165) is 38.9 Å². The van der Waals surface area contributed by atoms with Crippen LogP contribution in [0.25, 0.3) is 22.2 Å². The van der Waals surface area contributed by atoms with Crippen molar-refractivity contribution in [3.63, 3.8) is 0 Å². The molecular weight excluding hydrogens is 454 g/mol. The van der Waals surface area contributed by atoms with Crippen LogP contribution in [0.15, 0.2) is 85.2 Å². The van der Waals surface area contributed by atoms with E-state index in [1.165, 1.54) is 7.11 Å². The van der Waals surface area contributed by atoms with Crippen LogP contribution in [-0.4, -0.2) is 33.0 Å². The minimum atomic E-state index is -0.207. The van der Waals surface area contributed by atoms with Crippen LogP contribution in [0.2, 0.25) is 0 Å². The molecule has 0 aliphatic rings. The van der Waals surface area contributed by atoms with Crippen LogP contribution in [0, 0.1) is 0 Å². The summed E-state index contributed by atoms with van der Waals surface area (Å²) in [6.45, 7) is 0.511. The topological polar surface area (TPSA) is 89.4 Å². The Bertz CT molecular complexity index is 1500. The van der Waals surface area contributed by atoms with E-state index in [4.69, 9.17) is 14.6 Å². The van der Waals surface area contributed by atoms with Crippen molar-refractivity contribution in [2.24, 2.45) is 0 Å². The minimum absolute atomic E-state index is 0.113. The number of aromatic amines is 1. The first-order valence-corrected chi connectivity index (χ1v) is 11.8. The normalized spacial score (nSPS) is 11.1. The Morgan fingerprint density at radius 3 is 2.75 bits per heavy atom. The third kappa shape index (κ3) is 5.16. The molecule has 0 amide bonds. The second-order valence-corrected chi connectivity index (χ2v) is 8.56. The van der Waals surface area contributed by atoms with Gasteiger partial charge in [0.05, 0.1) is 26.0 Å². The van der Waals surface area contributed by atoms with Gasteiger partial charge in [-0.3, -0.25) is 9.48 Å². The number of hydrogen-bond acceptors (Lipinski definition) is 5. The molecule has 0 radical (unpaired) electrons. The highest BCUT2D eigenvalue weighted by Gasteiger charge is 2.11. The van der Waals surface area contributed by atoms with Crippen molar-refractivity contribution in [3.8, 4) is 22.8 Å². The summed E-state index contributed by atoms with van der Waals surface area (Å²) < 4.78 is 12.8. The molecule has 0 fully saturated rings. The lowest BCUT2D eigenvalue weighted by Gasteiger charge is -2.11. The lowest BCUT2D eigenvalue weighted by molar-refractivity contribution is -0.140. The van der Waals surface area contributed by atoms with E-state index in [1.807, 2.05) is 77.7 Å². The highest BCUT2D eigenvalue weighted by Crippen LogP contribution is 2.32. The molecule has 0 saturated carbocycles. The molecule has 5 rings (SSSR count). The van der Waals surface area contributed by atoms with Gasteiger partial charge in [-0.15, -0.1) is 0 Å². The fourth-order valence-electron chi connectivity index (χ4n) is 4.30. The summed E-state index contributed by atoms with van der Waals surface area (Å²) in [4.78, 5) is 14.6. The second kappa shape index (κ2) is 10.5. The van der Waals surface area contributed by atoms with Gasteiger partial charge in [0.2, 0.25) is 0 Å². The van der Waals surface area contributed by atoms with Crippen molar-refractivity contribution >= 4 is 16.9 Å². The smallest absolute Gasteiger partial charge is 0.305 e. The average molecular weight is 482 g/mol. The average Bonchev–Trinajstić information content (AvgIpc) is 3.57. The van der Waals surface area contributed by atoms with Gasteiger partial charge in [0.25, 0.3) is 0 Å². The highest BCUT2D eigenvalue weighted by molar-refractivity contribution is 5.85. The third-order valence-electron chi connectivity index (χ3n) is 6.14. The number of benzene rings is 3. The van der Waals surface area contributed by atoms with E-state index >= 15 is 0 Å². The molecule has 36 heavy (non-hydrogen) atoms. The number of rotatable bonds is 9. The molecule has 2 N–H and O–H groups in total. The molecule has 0 bridgehead atoms. The van der Waals surface area contributed by atoms with Crippen molar-refractivity contribution in [2.75, 3.05) is 7.11 Å². The summed E-state index contributed by atoms with van der Waals surface area (Å²) in [6, 6.07) is 23.7. The van der Waals surface area contributed by atoms with Gasteiger partial charge in [-0.2, -0.15) is 5.10 Å². The maximum atomic E-state index is 11.4. The number of H-pyrrole nitrogens is 1. The second-order valence-electron chi connectivity index (χ2n) is 8.56. The molecule has 0 aliphatic carbocycles. The number of carbonyl (C=O) groups excluding carboxylic acids is 1. The molecule has 5 aromatic rings. The van der Waals surface area contributed by atoms with E-state index < -0.39 is 0 Å². The van der Waals surface area contributed by atoms with Crippen LogP contribution in [0.4, 0.5) is 0 Å². The lowest BCUT2D eigenvalue weighted by atomic mass is 10.1. The molecule has 2 heterocycles. The lowest BCUT2D eigenvalue weighted by Crippen LogP contribution is -2.03. The van der Waals surface area contributed by atoms with Gasteiger partial charge in [-0.25, -0.2) is 0 Å². The molecule has 3 aromatic carbocycles. The number of methoxy groups -OCH3 is 1. The Labute approximate surface area is 208 Å². The summed E-state index contributed by atoms with van der Waals surface area (Å²) in [5.74, 6) is 1.09. The number of carbonyl (C=O) groups is 1. The number of ether oxygens (including phenoxy) is 2. The van der Waals surface area contributed by atoms with Crippen LogP contribution in [0.1, 0.15) is 23.1 Å². The predicted molar refractivity (Wildman–Crippen MR) is 138 cm³/mol. The number of aliphatic hydroxyl groups is 1. The summed E-state index contributed by atoms with van der Waals surface area (Å²) >= 11 is 0. The molecule has 7 heteroatoms. The molecule has 0 atom stereocenters. The summed E-state index contributed by atoms with van der Waals surface area (Å²) in [7, 11) is 1.41. The standard InChI is InChI=1S/C29H27N3O4/c1-35-29(34)11-8-20-4-2-5-21(16-20)18-32-15-13-26(31-32)22-6-3-7-23(17-22)36-28-10-9-27-24(12-14-30-27)25(28)19-33/h2-7,9-10,12-17,30,33H,8,11,18-19H2,1H3. The molecule has 182 valence electrons. The van der Waals surface area contributed by atoms with E-state index in [0.29, 0.717) is 30.9 Å². The number of nitrogens with one attached hydrogen (secondary N) is 1. The predicted octanol–water partition coefficient (Wildman–Crippen LogP) is 5.47. The SMILES string of the molecule is COC(=O)CCc1cccc(Cn2ccc(-c3cccc(Oc4ccc5[nH]ccc5c4CO)c3)n2)c1. The number of hydrogen-bond donors (Lipinski definition) is 2. The minimum Gasteiger partial charge on any atom is -0.469 e. The van der Waals surface area contributed by atoms with Crippen molar-refractivity contribution in [3.05, 3.63) is 102 Å². The highest BCUT2D eigenvalue weighted by atomic mass is 16.5. The number of nitrogens with zero attached hydrogens (tertiary/aromatic N) is 2. The Morgan fingerprint density at radius 1 is 1.03 bits per heavy atom. The maximum Gasteiger partial charge on any atom is 0.305 e. The first-order valence-electron chi connectivity index (χ1n) is 11.8. The zero-order valence-electron chi connectivity index (χ0n) is 20.0. The van der Waals surface area contributed by atoms with Crippen LogP contribution in [-0.2, 0) is 29.1 Å². The van der Waals surface area contributed by atoms with E-state index in [1.54, 1.807) is 0 Å². The van der Waals surface area contributed by atoms with E-state index in [-0.39, 0.29) is 12.6 Å². The zero-order valence-corrected chi connectivity index (χ0v) is 20.0. The first kappa shape index (κ1) is 23.4. The zero-order chi connectivity index (χ0) is 24.9. The van der Waals surface area contributed by atoms with Crippen molar-refractivity contribution in [2.45, 2.75) is 26.0 Å². The van der Waals surface area contributed by atoms with E-state index in [9.17, 15) is 9.90 Å². The van der Waals surface area contributed by atoms with Crippen LogP contribution >= 0.6 is 0 Å². The van der Waals surface area contributed by atoms with Gasteiger partial charge < -0.3 is 19.6 Å². The van der Waals surface area contributed by atoms with Gasteiger partial charge >= 0.3 is 5.97 Å². The summed E-state index contributed by atoms with van der Waals surface area (Å²) in [5, 5.41) is 15.6. The van der Waals surface area contributed by atoms with Crippen LogP contribution in [0.5, 0.6) is 11.5 Å². The van der Waals surface area contributed by atoms with Crippen LogP contribution in [0.3, 0.4) is 0 Å². The van der Waals surface area contributed by atoms with Gasteiger partial charge in [-0.05, 0) is 53.9 Å². The number of aliphatic hydroxyl groups excluding tert-OH is 1.